The highest BCUT2D eigenvalue weighted by Gasteiger charge is 2.25. The third-order valence-electron chi connectivity index (χ3n) is 3.70. The van der Waals surface area contributed by atoms with Crippen LogP contribution in [0.4, 0.5) is 0 Å². The molecule has 24 heavy (non-hydrogen) atoms. The standard InChI is InChI=1S/C19H18N2O2S/c22-18(20-11-15-7-3-1-4-8-15)12-21-17(13-24-14-19(21)23)16-9-5-2-6-10-16/h1-10,13H,11-12,14H2,(H,20,22). The van der Waals surface area contributed by atoms with E-state index in [1.54, 1.807) is 4.90 Å². The third-order valence-corrected chi connectivity index (χ3v) is 4.50. The Bertz CT molecular complexity index is 744. The fraction of sp³-hybridized carbons (Fsp3) is 0.158. The van der Waals surface area contributed by atoms with E-state index in [4.69, 9.17) is 0 Å². The molecule has 0 saturated carbocycles. The lowest BCUT2D eigenvalue weighted by atomic mass is 10.1. The zero-order chi connectivity index (χ0) is 16.8. The van der Waals surface area contributed by atoms with Crippen molar-refractivity contribution < 1.29 is 9.59 Å². The van der Waals surface area contributed by atoms with Gasteiger partial charge in [-0.3, -0.25) is 9.59 Å². The Morgan fingerprint density at radius 3 is 2.42 bits per heavy atom. The smallest absolute Gasteiger partial charge is 0.240 e. The topological polar surface area (TPSA) is 49.4 Å². The predicted octanol–water partition coefficient (Wildman–Crippen LogP) is 2.88. The number of carbonyl (C=O) groups is 2. The molecular weight excluding hydrogens is 320 g/mol. The van der Waals surface area contributed by atoms with E-state index in [0.717, 1.165) is 16.8 Å². The molecule has 3 rings (SSSR count). The molecule has 4 nitrogen and oxygen atoms in total. The summed E-state index contributed by atoms with van der Waals surface area (Å²) in [5, 5.41) is 4.82. The molecule has 0 aliphatic carbocycles. The van der Waals surface area contributed by atoms with Crippen LogP contribution in [0.5, 0.6) is 0 Å². The first-order valence-corrected chi connectivity index (χ1v) is 8.77. The summed E-state index contributed by atoms with van der Waals surface area (Å²) in [4.78, 5) is 26.1. The van der Waals surface area contributed by atoms with Crippen LogP contribution in [0.3, 0.4) is 0 Å². The van der Waals surface area contributed by atoms with Gasteiger partial charge in [-0.2, -0.15) is 0 Å². The number of thioether (sulfide) groups is 1. The largest absolute Gasteiger partial charge is 0.350 e. The van der Waals surface area contributed by atoms with Gasteiger partial charge in [-0.15, -0.1) is 11.8 Å². The fourth-order valence-corrected chi connectivity index (χ4v) is 3.27. The molecule has 0 spiro atoms. The van der Waals surface area contributed by atoms with Gasteiger partial charge in [-0.05, 0) is 16.5 Å². The van der Waals surface area contributed by atoms with E-state index in [2.05, 4.69) is 5.32 Å². The second kappa shape index (κ2) is 7.84. The van der Waals surface area contributed by atoms with Crippen LogP contribution >= 0.6 is 11.8 Å². The average Bonchev–Trinajstić information content (AvgIpc) is 2.63. The van der Waals surface area contributed by atoms with Crippen LogP contribution in [0.2, 0.25) is 0 Å². The first-order valence-electron chi connectivity index (χ1n) is 7.72. The van der Waals surface area contributed by atoms with Crippen LogP contribution < -0.4 is 5.32 Å². The van der Waals surface area contributed by atoms with Gasteiger partial charge in [0.1, 0.15) is 6.54 Å². The minimum Gasteiger partial charge on any atom is -0.350 e. The van der Waals surface area contributed by atoms with Gasteiger partial charge in [-0.25, -0.2) is 0 Å². The van der Waals surface area contributed by atoms with Gasteiger partial charge in [0.05, 0.1) is 11.4 Å². The summed E-state index contributed by atoms with van der Waals surface area (Å²) in [6.07, 6.45) is 0. The van der Waals surface area contributed by atoms with Crippen LogP contribution in [0.1, 0.15) is 11.1 Å². The zero-order valence-corrected chi connectivity index (χ0v) is 14.0. The Morgan fingerprint density at radius 1 is 1.04 bits per heavy atom. The molecule has 0 saturated heterocycles. The molecule has 1 N–H and O–H groups in total. The van der Waals surface area contributed by atoms with Crippen molar-refractivity contribution in [3.05, 3.63) is 77.2 Å². The van der Waals surface area contributed by atoms with Gasteiger partial charge in [0, 0.05) is 6.54 Å². The third kappa shape index (κ3) is 4.06. The maximum atomic E-state index is 12.3. The molecule has 5 heteroatoms. The lowest BCUT2D eigenvalue weighted by molar-refractivity contribution is -0.131. The zero-order valence-electron chi connectivity index (χ0n) is 13.1. The number of rotatable bonds is 5. The number of hydrogen-bond acceptors (Lipinski definition) is 3. The van der Waals surface area contributed by atoms with E-state index in [-0.39, 0.29) is 18.4 Å². The molecule has 0 fully saturated rings. The second-order valence-electron chi connectivity index (χ2n) is 5.42. The molecule has 2 aromatic rings. The first kappa shape index (κ1) is 16.3. The van der Waals surface area contributed by atoms with Crippen molar-refractivity contribution in [3.63, 3.8) is 0 Å². The number of hydrogen-bond donors (Lipinski definition) is 1. The molecule has 0 unspecified atom stereocenters. The van der Waals surface area contributed by atoms with Crippen LogP contribution in [-0.4, -0.2) is 29.0 Å². The summed E-state index contributed by atoms with van der Waals surface area (Å²) < 4.78 is 0. The lowest BCUT2D eigenvalue weighted by Gasteiger charge is -2.28. The monoisotopic (exact) mass is 338 g/mol. The van der Waals surface area contributed by atoms with E-state index in [1.165, 1.54) is 11.8 Å². The maximum absolute atomic E-state index is 12.3. The Kier molecular flexibility index (Phi) is 5.33. The lowest BCUT2D eigenvalue weighted by Crippen LogP contribution is -2.41. The summed E-state index contributed by atoms with van der Waals surface area (Å²) in [5.74, 6) is 0.152. The van der Waals surface area contributed by atoms with Crippen molar-refractivity contribution in [2.75, 3.05) is 12.3 Å². The van der Waals surface area contributed by atoms with Crippen LogP contribution in [0.15, 0.2) is 66.1 Å². The van der Waals surface area contributed by atoms with Crippen molar-refractivity contribution in [2.24, 2.45) is 0 Å². The van der Waals surface area contributed by atoms with E-state index >= 15 is 0 Å². The maximum Gasteiger partial charge on any atom is 0.240 e. The molecule has 2 aromatic carbocycles. The summed E-state index contributed by atoms with van der Waals surface area (Å²) in [6, 6.07) is 19.4. The Hall–Kier alpha value is -2.53. The van der Waals surface area contributed by atoms with Crippen LogP contribution in [0, 0.1) is 0 Å². The number of benzene rings is 2. The Balaban J connectivity index is 1.67. The van der Waals surface area contributed by atoms with Gasteiger partial charge in [0.2, 0.25) is 11.8 Å². The highest BCUT2D eigenvalue weighted by Crippen LogP contribution is 2.27. The van der Waals surface area contributed by atoms with Crippen molar-refractivity contribution in [3.8, 4) is 0 Å². The fourth-order valence-electron chi connectivity index (χ4n) is 2.47. The van der Waals surface area contributed by atoms with E-state index < -0.39 is 0 Å². The van der Waals surface area contributed by atoms with E-state index in [9.17, 15) is 9.59 Å². The normalized spacial score (nSPS) is 14.2. The highest BCUT2D eigenvalue weighted by atomic mass is 32.2. The minimum atomic E-state index is -0.166. The number of amides is 2. The van der Waals surface area contributed by atoms with Gasteiger partial charge < -0.3 is 10.2 Å². The van der Waals surface area contributed by atoms with Gasteiger partial charge >= 0.3 is 0 Å². The molecule has 0 atom stereocenters. The predicted molar refractivity (Wildman–Crippen MR) is 96.9 cm³/mol. The first-order chi connectivity index (χ1) is 11.7. The number of nitrogens with zero attached hydrogens (tertiary/aromatic N) is 1. The summed E-state index contributed by atoms with van der Waals surface area (Å²) >= 11 is 1.46. The summed E-state index contributed by atoms with van der Waals surface area (Å²) in [7, 11) is 0. The molecule has 2 amide bonds. The minimum absolute atomic E-state index is 0.0347. The van der Waals surface area contributed by atoms with Gasteiger partial charge in [-0.1, -0.05) is 60.7 Å². The quantitative estimate of drug-likeness (QED) is 0.912. The molecule has 1 heterocycles. The molecule has 0 radical (unpaired) electrons. The molecule has 0 bridgehead atoms. The van der Waals surface area contributed by atoms with Crippen molar-refractivity contribution in [1.29, 1.82) is 0 Å². The molecule has 1 aliphatic heterocycles. The molecule has 122 valence electrons. The van der Waals surface area contributed by atoms with Crippen LogP contribution in [-0.2, 0) is 16.1 Å². The average molecular weight is 338 g/mol. The van der Waals surface area contributed by atoms with E-state index in [1.807, 2.05) is 66.1 Å². The highest BCUT2D eigenvalue weighted by molar-refractivity contribution is 8.03. The molecular formula is C19H18N2O2S. The summed E-state index contributed by atoms with van der Waals surface area (Å²) in [5.41, 5.74) is 2.76. The van der Waals surface area contributed by atoms with Crippen molar-refractivity contribution in [2.45, 2.75) is 6.54 Å². The van der Waals surface area contributed by atoms with Crippen molar-refractivity contribution in [1.82, 2.24) is 10.2 Å². The van der Waals surface area contributed by atoms with E-state index in [0.29, 0.717) is 12.3 Å². The van der Waals surface area contributed by atoms with Gasteiger partial charge in [0.25, 0.3) is 0 Å². The molecule has 1 aliphatic rings. The van der Waals surface area contributed by atoms with Crippen LogP contribution in [0.25, 0.3) is 5.70 Å². The number of nitrogens with one attached hydrogen (secondary N) is 1. The second-order valence-corrected chi connectivity index (χ2v) is 6.28. The van der Waals surface area contributed by atoms with Crippen molar-refractivity contribution >= 4 is 29.3 Å². The SMILES string of the molecule is O=C(CN1C(=O)CSC=C1c1ccccc1)NCc1ccccc1. The summed E-state index contributed by atoms with van der Waals surface area (Å²) in [6.45, 7) is 0.494. The Morgan fingerprint density at radius 2 is 1.71 bits per heavy atom. The Labute approximate surface area is 145 Å². The number of carbonyl (C=O) groups excluding carboxylic acids is 2. The van der Waals surface area contributed by atoms with Gasteiger partial charge in [0.15, 0.2) is 0 Å². The molecule has 0 aromatic heterocycles.